The highest BCUT2D eigenvalue weighted by molar-refractivity contribution is 7.17. The molecule has 0 atom stereocenters. The van der Waals surface area contributed by atoms with Gasteiger partial charge in [0, 0.05) is 5.56 Å². The normalized spacial score (nSPS) is 10.3. The first-order chi connectivity index (χ1) is 13.1. The van der Waals surface area contributed by atoms with Crippen molar-refractivity contribution in [2.75, 3.05) is 6.61 Å². The summed E-state index contributed by atoms with van der Waals surface area (Å²) < 4.78 is 5.07. The maximum Gasteiger partial charge on any atom is 0.350 e. The van der Waals surface area contributed by atoms with E-state index in [0.717, 1.165) is 22.3 Å². The number of carbonyl (C=O) groups excluding carboxylic acids is 1. The Bertz CT molecular complexity index is 1040. The fourth-order valence-electron chi connectivity index (χ4n) is 2.73. The minimum absolute atomic E-state index is 0.323. The highest BCUT2D eigenvalue weighted by Crippen LogP contribution is 2.32. The van der Waals surface area contributed by atoms with Gasteiger partial charge in [0.05, 0.1) is 23.9 Å². The van der Waals surface area contributed by atoms with Gasteiger partial charge in [-0.05, 0) is 36.6 Å². The van der Waals surface area contributed by atoms with Crippen LogP contribution in [0.25, 0.3) is 27.8 Å². The lowest BCUT2D eigenvalue weighted by Crippen LogP contribution is -2.03. The van der Waals surface area contributed by atoms with Crippen molar-refractivity contribution in [3.63, 3.8) is 0 Å². The smallest absolute Gasteiger partial charge is 0.350 e. The fraction of sp³-hybridized carbons (Fsp3) is 0.136. The van der Waals surface area contributed by atoms with Crippen molar-refractivity contribution in [1.29, 1.82) is 5.26 Å². The van der Waals surface area contributed by atoms with E-state index in [1.807, 2.05) is 42.5 Å². The molecule has 0 aliphatic carbocycles. The summed E-state index contributed by atoms with van der Waals surface area (Å²) in [5, 5.41) is 10.3. The molecular formula is C22H18N2O2S. The molecule has 1 heterocycles. The van der Waals surface area contributed by atoms with Crippen LogP contribution in [0.2, 0.25) is 0 Å². The van der Waals surface area contributed by atoms with E-state index in [1.54, 1.807) is 19.9 Å². The standard InChI is InChI=1S/C22H18N2O2S/c1-4-15-6-8-16(9-7-15)19-11-10-17(12-18(19)13-23)21-24-14(3)20(27-21)22(25)26-5-2/h4,6-12H,1,5H2,2-3H3. The topological polar surface area (TPSA) is 63.0 Å². The third-order valence-electron chi connectivity index (χ3n) is 4.10. The lowest BCUT2D eigenvalue weighted by Gasteiger charge is -2.07. The zero-order valence-corrected chi connectivity index (χ0v) is 16.0. The van der Waals surface area contributed by atoms with E-state index in [4.69, 9.17) is 4.74 Å². The summed E-state index contributed by atoms with van der Waals surface area (Å²) in [6.07, 6.45) is 1.78. The molecule has 0 N–H and O–H groups in total. The molecule has 0 saturated heterocycles. The molecule has 27 heavy (non-hydrogen) atoms. The molecule has 3 aromatic rings. The van der Waals surface area contributed by atoms with Gasteiger partial charge in [-0.3, -0.25) is 0 Å². The van der Waals surface area contributed by atoms with Crippen molar-refractivity contribution < 1.29 is 9.53 Å². The number of nitrogens with zero attached hydrogens (tertiary/aromatic N) is 2. The summed E-state index contributed by atoms with van der Waals surface area (Å²) in [4.78, 5) is 17.0. The predicted molar refractivity (Wildman–Crippen MR) is 108 cm³/mol. The first-order valence-corrected chi connectivity index (χ1v) is 9.31. The van der Waals surface area contributed by atoms with Gasteiger partial charge in [0.25, 0.3) is 0 Å². The molecule has 0 aliphatic heterocycles. The second-order valence-corrected chi connectivity index (χ2v) is 6.85. The predicted octanol–water partition coefficient (Wildman–Crippen LogP) is 5.48. The second-order valence-electron chi connectivity index (χ2n) is 5.85. The minimum Gasteiger partial charge on any atom is -0.462 e. The minimum atomic E-state index is -0.363. The summed E-state index contributed by atoms with van der Waals surface area (Å²) in [7, 11) is 0. The highest BCUT2D eigenvalue weighted by Gasteiger charge is 2.18. The largest absolute Gasteiger partial charge is 0.462 e. The van der Waals surface area contributed by atoms with E-state index in [0.29, 0.717) is 27.7 Å². The number of carbonyl (C=O) groups is 1. The van der Waals surface area contributed by atoms with Crippen LogP contribution in [0.3, 0.4) is 0 Å². The molecule has 2 aromatic carbocycles. The molecule has 0 saturated carbocycles. The number of ether oxygens (including phenoxy) is 1. The average molecular weight is 374 g/mol. The Morgan fingerprint density at radius 1 is 1.26 bits per heavy atom. The van der Waals surface area contributed by atoms with Crippen molar-refractivity contribution in [3.8, 4) is 27.8 Å². The molecule has 0 radical (unpaired) electrons. The van der Waals surface area contributed by atoms with E-state index >= 15 is 0 Å². The Morgan fingerprint density at radius 3 is 2.59 bits per heavy atom. The molecule has 0 bridgehead atoms. The van der Waals surface area contributed by atoms with Crippen LogP contribution in [0.4, 0.5) is 0 Å². The van der Waals surface area contributed by atoms with Crippen molar-refractivity contribution in [2.45, 2.75) is 13.8 Å². The Kier molecular flexibility index (Phi) is 5.49. The number of nitriles is 1. The zero-order valence-electron chi connectivity index (χ0n) is 15.2. The number of aromatic nitrogens is 1. The van der Waals surface area contributed by atoms with Crippen LogP contribution in [0.15, 0.2) is 49.0 Å². The summed E-state index contributed by atoms with van der Waals surface area (Å²) >= 11 is 1.28. The molecule has 0 aliphatic rings. The van der Waals surface area contributed by atoms with Crippen LogP contribution >= 0.6 is 11.3 Å². The third-order valence-corrected chi connectivity index (χ3v) is 5.29. The van der Waals surface area contributed by atoms with Gasteiger partial charge in [0.2, 0.25) is 0 Å². The van der Waals surface area contributed by atoms with Crippen molar-refractivity contribution in [1.82, 2.24) is 4.98 Å². The van der Waals surface area contributed by atoms with E-state index in [-0.39, 0.29) is 5.97 Å². The van der Waals surface area contributed by atoms with Gasteiger partial charge >= 0.3 is 5.97 Å². The zero-order chi connectivity index (χ0) is 19.4. The average Bonchev–Trinajstić information content (AvgIpc) is 3.09. The first kappa shape index (κ1) is 18.6. The molecule has 0 unspecified atom stereocenters. The summed E-state index contributed by atoms with van der Waals surface area (Å²) in [6.45, 7) is 7.63. The van der Waals surface area contributed by atoms with Crippen LogP contribution in [0.5, 0.6) is 0 Å². The van der Waals surface area contributed by atoms with Crippen molar-refractivity contribution >= 4 is 23.4 Å². The molecule has 1 aromatic heterocycles. The van der Waals surface area contributed by atoms with Gasteiger partial charge in [-0.15, -0.1) is 11.3 Å². The van der Waals surface area contributed by atoms with Crippen LogP contribution in [0.1, 0.15) is 33.4 Å². The van der Waals surface area contributed by atoms with Gasteiger partial charge < -0.3 is 4.74 Å². The Labute approximate surface area is 162 Å². The third kappa shape index (κ3) is 3.81. The van der Waals surface area contributed by atoms with Gasteiger partial charge in [0.15, 0.2) is 0 Å². The maximum absolute atomic E-state index is 12.0. The fourth-order valence-corrected chi connectivity index (χ4v) is 3.68. The molecule has 0 fully saturated rings. The Morgan fingerprint density at radius 2 is 1.96 bits per heavy atom. The van der Waals surface area contributed by atoms with Gasteiger partial charge in [0.1, 0.15) is 9.88 Å². The summed E-state index contributed by atoms with van der Waals surface area (Å²) in [5.41, 5.74) is 4.85. The van der Waals surface area contributed by atoms with Crippen LogP contribution < -0.4 is 0 Å². The maximum atomic E-state index is 12.0. The Hall–Kier alpha value is -3.23. The summed E-state index contributed by atoms with van der Waals surface area (Å²) in [6, 6.07) is 15.8. The number of esters is 1. The van der Waals surface area contributed by atoms with Gasteiger partial charge in [-0.2, -0.15) is 5.26 Å². The summed E-state index contributed by atoms with van der Waals surface area (Å²) in [5.74, 6) is -0.363. The van der Waals surface area contributed by atoms with Gasteiger partial charge in [-0.25, -0.2) is 9.78 Å². The van der Waals surface area contributed by atoms with Crippen LogP contribution in [-0.2, 0) is 4.74 Å². The van der Waals surface area contributed by atoms with Crippen molar-refractivity contribution in [3.05, 3.63) is 70.7 Å². The number of thiazole rings is 1. The van der Waals surface area contributed by atoms with Crippen LogP contribution in [0, 0.1) is 18.3 Å². The number of benzene rings is 2. The lowest BCUT2D eigenvalue weighted by atomic mass is 9.97. The Balaban J connectivity index is 1.99. The molecule has 0 amide bonds. The molecule has 0 spiro atoms. The number of hydrogen-bond acceptors (Lipinski definition) is 5. The van der Waals surface area contributed by atoms with Crippen molar-refractivity contribution in [2.24, 2.45) is 0 Å². The lowest BCUT2D eigenvalue weighted by molar-refractivity contribution is 0.0531. The SMILES string of the molecule is C=Cc1ccc(-c2ccc(-c3nc(C)c(C(=O)OCC)s3)cc2C#N)cc1. The van der Waals surface area contributed by atoms with Crippen LogP contribution in [-0.4, -0.2) is 17.6 Å². The van der Waals surface area contributed by atoms with E-state index in [2.05, 4.69) is 17.6 Å². The number of hydrogen-bond donors (Lipinski definition) is 0. The monoisotopic (exact) mass is 374 g/mol. The molecule has 5 heteroatoms. The molecular weight excluding hydrogens is 356 g/mol. The molecule has 134 valence electrons. The quantitative estimate of drug-likeness (QED) is 0.555. The molecule has 3 rings (SSSR count). The number of aryl methyl sites for hydroxylation is 1. The van der Waals surface area contributed by atoms with Gasteiger partial charge in [-0.1, -0.05) is 49.1 Å². The van der Waals surface area contributed by atoms with E-state index < -0.39 is 0 Å². The second kappa shape index (κ2) is 7.98. The first-order valence-electron chi connectivity index (χ1n) is 8.49. The van der Waals surface area contributed by atoms with E-state index in [1.165, 1.54) is 11.3 Å². The highest BCUT2D eigenvalue weighted by atomic mass is 32.1. The number of rotatable bonds is 5. The molecule has 4 nitrogen and oxygen atoms in total. The van der Waals surface area contributed by atoms with E-state index in [9.17, 15) is 10.1 Å².